The monoisotopic (exact) mass is 245 g/mol. The SMILES string of the molecule is CC(=O)NC(C)c1nc(-c2ccccc2C)no1. The second-order valence-corrected chi connectivity index (χ2v) is 4.19. The van der Waals surface area contributed by atoms with Crippen molar-refractivity contribution >= 4 is 5.91 Å². The molecule has 0 spiro atoms. The number of hydrogen-bond acceptors (Lipinski definition) is 4. The van der Waals surface area contributed by atoms with Gasteiger partial charge < -0.3 is 9.84 Å². The highest BCUT2D eigenvalue weighted by molar-refractivity contribution is 5.73. The fourth-order valence-corrected chi connectivity index (χ4v) is 1.71. The fourth-order valence-electron chi connectivity index (χ4n) is 1.71. The Hall–Kier alpha value is -2.17. The van der Waals surface area contributed by atoms with Crippen LogP contribution < -0.4 is 5.32 Å². The first-order chi connectivity index (χ1) is 8.58. The molecule has 0 aliphatic rings. The second kappa shape index (κ2) is 5.00. The predicted octanol–water partition coefficient (Wildman–Crippen LogP) is 2.24. The first-order valence-corrected chi connectivity index (χ1v) is 5.74. The molecule has 1 amide bonds. The van der Waals surface area contributed by atoms with Gasteiger partial charge in [-0.2, -0.15) is 4.98 Å². The molecule has 0 aliphatic heterocycles. The third-order valence-electron chi connectivity index (χ3n) is 2.62. The zero-order valence-electron chi connectivity index (χ0n) is 10.6. The van der Waals surface area contributed by atoms with E-state index >= 15 is 0 Å². The van der Waals surface area contributed by atoms with Crippen molar-refractivity contribution in [1.82, 2.24) is 15.5 Å². The van der Waals surface area contributed by atoms with E-state index in [1.165, 1.54) is 6.92 Å². The first-order valence-electron chi connectivity index (χ1n) is 5.74. The third kappa shape index (κ3) is 2.56. The van der Waals surface area contributed by atoms with Crippen LogP contribution in [0.3, 0.4) is 0 Å². The van der Waals surface area contributed by atoms with Crippen LogP contribution in [0.2, 0.25) is 0 Å². The summed E-state index contributed by atoms with van der Waals surface area (Å²) in [6.07, 6.45) is 0. The molecule has 0 saturated heterocycles. The summed E-state index contributed by atoms with van der Waals surface area (Å²) in [5.74, 6) is 0.821. The van der Waals surface area contributed by atoms with Gasteiger partial charge in [0.1, 0.15) is 6.04 Å². The normalized spacial score (nSPS) is 12.2. The summed E-state index contributed by atoms with van der Waals surface area (Å²) in [6.45, 7) is 5.24. The van der Waals surface area contributed by atoms with Crippen LogP contribution in [0.1, 0.15) is 31.3 Å². The Labute approximate surface area is 105 Å². The fraction of sp³-hybridized carbons (Fsp3) is 0.308. The van der Waals surface area contributed by atoms with E-state index in [4.69, 9.17) is 4.52 Å². The van der Waals surface area contributed by atoms with Crippen LogP contribution in [-0.4, -0.2) is 16.0 Å². The number of nitrogens with zero attached hydrogens (tertiary/aromatic N) is 2. The number of carbonyl (C=O) groups is 1. The molecule has 18 heavy (non-hydrogen) atoms. The maximum absolute atomic E-state index is 11.0. The summed E-state index contributed by atoms with van der Waals surface area (Å²) >= 11 is 0. The molecule has 1 heterocycles. The van der Waals surface area contributed by atoms with E-state index in [0.717, 1.165) is 11.1 Å². The Bertz CT molecular complexity index is 563. The van der Waals surface area contributed by atoms with E-state index in [9.17, 15) is 4.79 Å². The van der Waals surface area contributed by atoms with Crippen LogP contribution in [-0.2, 0) is 4.79 Å². The van der Waals surface area contributed by atoms with Crippen LogP contribution in [0.25, 0.3) is 11.4 Å². The molecule has 5 nitrogen and oxygen atoms in total. The number of nitrogens with one attached hydrogen (secondary N) is 1. The lowest BCUT2D eigenvalue weighted by atomic mass is 10.1. The predicted molar refractivity (Wildman–Crippen MR) is 66.7 cm³/mol. The summed E-state index contributed by atoms with van der Waals surface area (Å²) in [5.41, 5.74) is 2.01. The minimum Gasteiger partial charge on any atom is -0.345 e. The smallest absolute Gasteiger partial charge is 0.249 e. The lowest BCUT2D eigenvalue weighted by Gasteiger charge is -2.05. The maximum atomic E-state index is 11.0. The van der Waals surface area contributed by atoms with E-state index in [1.807, 2.05) is 31.2 Å². The largest absolute Gasteiger partial charge is 0.345 e. The highest BCUT2D eigenvalue weighted by atomic mass is 16.5. The molecule has 0 fully saturated rings. The van der Waals surface area contributed by atoms with Crippen LogP contribution >= 0.6 is 0 Å². The molecular formula is C13H15N3O2. The van der Waals surface area contributed by atoms with Crippen LogP contribution in [0.5, 0.6) is 0 Å². The van der Waals surface area contributed by atoms with Crippen molar-refractivity contribution in [1.29, 1.82) is 0 Å². The lowest BCUT2D eigenvalue weighted by Crippen LogP contribution is -2.23. The first kappa shape index (κ1) is 12.3. The number of aromatic nitrogens is 2. The average Bonchev–Trinajstić information content (AvgIpc) is 2.78. The Morgan fingerprint density at radius 2 is 2.11 bits per heavy atom. The Kier molecular flexibility index (Phi) is 3.41. The molecule has 2 rings (SSSR count). The molecule has 2 aromatic rings. The highest BCUT2D eigenvalue weighted by Gasteiger charge is 2.16. The topological polar surface area (TPSA) is 68.0 Å². The average molecular weight is 245 g/mol. The molecule has 94 valence electrons. The van der Waals surface area contributed by atoms with Crippen LogP contribution in [0, 0.1) is 6.92 Å². The third-order valence-corrected chi connectivity index (χ3v) is 2.62. The molecule has 5 heteroatoms. The number of amides is 1. The van der Waals surface area contributed by atoms with Gasteiger partial charge in [0, 0.05) is 12.5 Å². The molecule has 1 aromatic heterocycles. The van der Waals surface area contributed by atoms with Crippen molar-refractivity contribution in [2.45, 2.75) is 26.8 Å². The van der Waals surface area contributed by atoms with Gasteiger partial charge in [0.05, 0.1) is 0 Å². The molecule has 1 aromatic carbocycles. The molecule has 0 saturated carbocycles. The molecular weight excluding hydrogens is 230 g/mol. The van der Waals surface area contributed by atoms with E-state index in [-0.39, 0.29) is 11.9 Å². The van der Waals surface area contributed by atoms with Gasteiger partial charge in [-0.05, 0) is 19.4 Å². The van der Waals surface area contributed by atoms with Gasteiger partial charge in [0.2, 0.25) is 17.6 Å². The zero-order chi connectivity index (χ0) is 13.1. The maximum Gasteiger partial charge on any atom is 0.249 e. The molecule has 0 aliphatic carbocycles. The Morgan fingerprint density at radius 3 is 2.78 bits per heavy atom. The van der Waals surface area contributed by atoms with E-state index < -0.39 is 0 Å². The van der Waals surface area contributed by atoms with Gasteiger partial charge in [-0.3, -0.25) is 4.79 Å². The molecule has 1 unspecified atom stereocenters. The molecule has 1 N–H and O–H groups in total. The van der Waals surface area contributed by atoms with Gasteiger partial charge in [0.25, 0.3) is 0 Å². The summed E-state index contributed by atoms with van der Waals surface area (Å²) in [6, 6.07) is 7.53. The number of carbonyl (C=O) groups excluding carboxylic acids is 1. The number of benzene rings is 1. The van der Waals surface area contributed by atoms with Crippen molar-refractivity contribution in [3.8, 4) is 11.4 Å². The highest BCUT2D eigenvalue weighted by Crippen LogP contribution is 2.21. The minimum absolute atomic E-state index is 0.127. The van der Waals surface area contributed by atoms with E-state index in [0.29, 0.717) is 11.7 Å². The van der Waals surface area contributed by atoms with Crippen LogP contribution in [0.15, 0.2) is 28.8 Å². The van der Waals surface area contributed by atoms with E-state index in [1.54, 1.807) is 6.92 Å². The quantitative estimate of drug-likeness (QED) is 0.900. The molecule has 0 radical (unpaired) electrons. The Balaban J connectivity index is 2.26. The van der Waals surface area contributed by atoms with Gasteiger partial charge in [0.15, 0.2) is 0 Å². The van der Waals surface area contributed by atoms with Crippen molar-refractivity contribution in [2.75, 3.05) is 0 Å². The summed E-state index contributed by atoms with van der Waals surface area (Å²) in [5, 5.41) is 6.64. The number of aryl methyl sites for hydroxylation is 1. The van der Waals surface area contributed by atoms with Gasteiger partial charge in [-0.15, -0.1) is 0 Å². The minimum atomic E-state index is -0.284. The van der Waals surface area contributed by atoms with E-state index in [2.05, 4.69) is 15.5 Å². The van der Waals surface area contributed by atoms with Gasteiger partial charge in [-0.25, -0.2) is 0 Å². The second-order valence-electron chi connectivity index (χ2n) is 4.19. The number of hydrogen-bond donors (Lipinski definition) is 1. The van der Waals surface area contributed by atoms with Crippen molar-refractivity contribution in [3.05, 3.63) is 35.7 Å². The Morgan fingerprint density at radius 1 is 1.39 bits per heavy atom. The van der Waals surface area contributed by atoms with Gasteiger partial charge >= 0.3 is 0 Å². The van der Waals surface area contributed by atoms with Crippen LogP contribution in [0.4, 0.5) is 0 Å². The number of rotatable bonds is 3. The van der Waals surface area contributed by atoms with Crippen molar-refractivity contribution < 1.29 is 9.32 Å². The standard InChI is InChI=1S/C13H15N3O2/c1-8-6-4-5-7-11(8)12-15-13(18-16-12)9(2)14-10(3)17/h4-7,9H,1-3H3,(H,14,17). The van der Waals surface area contributed by atoms with Gasteiger partial charge in [-0.1, -0.05) is 29.4 Å². The molecule has 0 bridgehead atoms. The lowest BCUT2D eigenvalue weighted by molar-refractivity contribution is -0.119. The summed E-state index contributed by atoms with van der Waals surface area (Å²) < 4.78 is 5.16. The van der Waals surface area contributed by atoms with Crippen molar-refractivity contribution in [2.24, 2.45) is 0 Å². The summed E-state index contributed by atoms with van der Waals surface area (Å²) in [7, 11) is 0. The summed E-state index contributed by atoms with van der Waals surface area (Å²) in [4.78, 5) is 15.3. The zero-order valence-corrected chi connectivity index (χ0v) is 10.6. The molecule has 1 atom stereocenters. The van der Waals surface area contributed by atoms with Crippen molar-refractivity contribution in [3.63, 3.8) is 0 Å².